The molecule has 0 aliphatic heterocycles. The third kappa shape index (κ3) is 3.93. The van der Waals surface area contributed by atoms with Crippen LogP contribution in [0.2, 0.25) is 0 Å². The van der Waals surface area contributed by atoms with Crippen LogP contribution in [0.15, 0.2) is 24.3 Å². The zero-order valence-electron chi connectivity index (χ0n) is 9.75. The molecule has 1 aromatic rings. The van der Waals surface area contributed by atoms with Gasteiger partial charge >= 0.3 is 6.18 Å². The van der Waals surface area contributed by atoms with Gasteiger partial charge in [0.25, 0.3) is 0 Å². The van der Waals surface area contributed by atoms with Crippen LogP contribution in [0.25, 0.3) is 0 Å². The SMILES string of the molecule is CCC(Nc1ccc(C(F)(F)F)cc1)C(C)O. The summed E-state index contributed by atoms with van der Waals surface area (Å²) in [5.41, 5.74) is -0.0982. The summed E-state index contributed by atoms with van der Waals surface area (Å²) in [4.78, 5) is 0. The molecule has 0 heterocycles. The van der Waals surface area contributed by atoms with E-state index >= 15 is 0 Å². The van der Waals surface area contributed by atoms with Crippen LogP contribution in [-0.2, 0) is 6.18 Å². The van der Waals surface area contributed by atoms with Crippen molar-refractivity contribution in [2.45, 2.75) is 38.6 Å². The van der Waals surface area contributed by atoms with Crippen molar-refractivity contribution in [3.05, 3.63) is 29.8 Å². The van der Waals surface area contributed by atoms with Crippen molar-refractivity contribution < 1.29 is 18.3 Å². The Balaban J connectivity index is 2.75. The first-order chi connectivity index (χ1) is 7.84. The normalized spacial score (nSPS) is 15.4. The zero-order valence-corrected chi connectivity index (χ0v) is 9.75. The van der Waals surface area contributed by atoms with Crippen molar-refractivity contribution >= 4 is 5.69 Å². The number of alkyl halides is 3. The fourth-order valence-corrected chi connectivity index (χ4v) is 1.53. The molecule has 0 saturated heterocycles. The Morgan fingerprint density at radius 2 is 1.76 bits per heavy atom. The van der Waals surface area contributed by atoms with E-state index in [1.165, 1.54) is 12.1 Å². The third-order valence-electron chi connectivity index (χ3n) is 2.59. The highest BCUT2D eigenvalue weighted by Crippen LogP contribution is 2.30. The van der Waals surface area contributed by atoms with Gasteiger partial charge in [0.15, 0.2) is 0 Å². The average molecular weight is 247 g/mol. The molecule has 1 aromatic carbocycles. The molecule has 0 aromatic heterocycles. The van der Waals surface area contributed by atoms with Gasteiger partial charge in [-0.05, 0) is 37.6 Å². The Kier molecular flexibility index (Phi) is 4.40. The quantitative estimate of drug-likeness (QED) is 0.855. The van der Waals surface area contributed by atoms with Crippen LogP contribution in [-0.4, -0.2) is 17.3 Å². The summed E-state index contributed by atoms with van der Waals surface area (Å²) in [6.07, 6.45) is -4.17. The maximum atomic E-state index is 12.3. The van der Waals surface area contributed by atoms with Gasteiger partial charge in [-0.2, -0.15) is 13.2 Å². The molecule has 0 amide bonds. The lowest BCUT2D eigenvalue weighted by atomic mass is 10.1. The molecule has 0 radical (unpaired) electrons. The van der Waals surface area contributed by atoms with E-state index in [9.17, 15) is 18.3 Å². The van der Waals surface area contributed by atoms with E-state index in [1.54, 1.807) is 6.92 Å². The molecule has 0 fully saturated rings. The van der Waals surface area contributed by atoms with Gasteiger partial charge in [0.2, 0.25) is 0 Å². The number of rotatable bonds is 4. The predicted molar refractivity (Wildman–Crippen MR) is 60.8 cm³/mol. The minimum Gasteiger partial charge on any atom is -0.391 e. The summed E-state index contributed by atoms with van der Waals surface area (Å²) in [5.74, 6) is 0. The Bertz CT molecular complexity index is 346. The molecule has 5 heteroatoms. The molecule has 1 rings (SSSR count). The van der Waals surface area contributed by atoms with E-state index < -0.39 is 17.8 Å². The topological polar surface area (TPSA) is 32.3 Å². The summed E-state index contributed by atoms with van der Waals surface area (Å²) < 4.78 is 36.9. The van der Waals surface area contributed by atoms with E-state index in [2.05, 4.69) is 5.32 Å². The predicted octanol–water partition coefficient (Wildman–Crippen LogP) is 3.28. The number of halogens is 3. The molecule has 2 unspecified atom stereocenters. The lowest BCUT2D eigenvalue weighted by Crippen LogP contribution is -2.30. The van der Waals surface area contributed by atoms with Gasteiger partial charge in [-0.3, -0.25) is 0 Å². The Labute approximate surface area is 98.5 Å². The van der Waals surface area contributed by atoms with Gasteiger partial charge in [-0.1, -0.05) is 6.92 Å². The number of nitrogens with one attached hydrogen (secondary N) is 1. The maximum Gasteiger partial charge on any atom is 0.416 e. The Morgan fingerprint density at radius 1 is 1.24 bits per heavy atom. The van der Waals surface area contributed by atoms with Crippen molar-refractivity contribution in [2.75, 3.05) is 5.32 Å². The third-order valence-corrected chi connectivity index (χ3v) is 2.59. The Hall–Kier alpha value is -1.23. The van der Waals surface area contributed by atoms with Crippen LogP contribution < -0.4 is 5.32 Å². The summed E-state index contributed by atoms with van der Waals surface area (Å²) >= 11 is 0. The molecule has 2 N–H and O–H groups in total. The van der Waals surface area contributed by atoms with Crippen molar-refractivity contribution in [3.63, 3.8) is 0 Å². The maximum absolute atomic E-state index is 12.3. The van der Waals surface area contributed by atoms with E-state index in [-0.39, 0.29) is 6.04 Å². The molecule has 96 valence electrons. The molecular formula is C12H16F3NO. The zero-order chi connectivity index (χ0) is 13.1. The number of anilines is 1. The van der Waals surface area contributed by atoms with Crippen LogP contribution in [0, 0.1) is 0 Å². The number of hydrogen-bond donors (Lipinski definition) is 2. The highest BCUT2D eigenvalue weighted by molar-refractivity contribution is 5.46. The molecule has 0 aliphatic carbocycles. The lowest BCUT2D eigenvalue weighted by Gasteiger charge is -2.21. The second-order valence-corrected chi connectivity index (χ2v) is 3.97. The number of aliphatic hydroxyl groups is 1. The van der Waals surface area contributed by atoms with E-state index in [1.807, 2.05) is 6.92 Å². The molecule has 0 aliphatic rings. The second kappa shape index (κ2) is 5.40. The van der Waals surface area contributed by atoms with E-state index in [0.717, 1.165) is 12.1 Å². The molecule has 0 spiro atoms. The van der Waals surface area contributed by atoms with Crippen LogP contribution in [0.3, 0.4) is 0 Å². The van der Waals surface area contributed by atoms with Gasteiger partial charge < -0.3 is 10.4 Å². The molecule has 0 saturated carbocycles. The van der Waals surface area contributed by atoms with E-state index in [4.69, 9.17) is 0 Å². The first-order valence-electron chi connectivity index (χ1n) is 5.46. The molecule has 2 nitrogen and oxygen atoms in total. The smallest absolute Gasteiger partial charge is 0.391 e. The summed E-state index contributed by atoms with van der Waals surface area (Å²) in [6.45, 7) is 3.54. The number of benzene rings is 1. The van der Waals surface area contributed by atoms with Crippen LogP contribution >= 0.6 is 0 Å². The van der Waals surface area contributed by atoms with Gasteiger partial charge in [0.1, 0.15) is 0 Å². The first-order valence-corrected chi connectivity index (χ1v) is 5.46. The average Bonchev–Trinajstić information content (AvgIpc) is 2.25. The lowest BCUT2D eigenvalue weighted by molar-refractivity contribution is -0.137. The highest BCUT2D eigenvalue weighted by atomic mass is 19.4. The van der Waals surface area contributed by atoms with Gasteiger partial charge in [0.05, 0.1) is 17.7 Å². The molecule has 17 heavy (non-hydrogen) atoms. The fourth-order valence-electron chi connectivity index (χ4n) is 1.53. The largest absolute Gasteiger partial charge is 0.416 e. The van der Waals surface area contributed by atoms with Crippen molar-refractivity contribution in [1.29, 1.82) is 0 Å². The summed E-state index contributed by atoms with van der Waals surface area (Å²) in [6, 6.07) is 4.63. The first kappa shape index (κ1) is 13.8. The monoisotopic (exact) mass is 247 g/mol. The minimum atomic E-state index is -4.31. The van der Waals surface area contributed by atoms with Gasteiger partial charge in [0, 0.05) is 5.69 Å². The van der Waals surface area contributed by atoms with Crippen molar-refractivity contribution in [2.24, 2.45) is 0 Å². The number of hydrogen-bond acceptors (Lipinski definition) is 2. The fraction of sp³-hybridized carbons (Fsp3) is 0.500. The number of aliphatic hydroxyl groups excluding tert-OH is 1. The standard InChI is InChI=1S/C12H16F3NO/c1-3-11(8(2)17)16-10-6-4-9(5-7-10)12(13,14)15/h4-8,11,16-17H,3H2,1-2H3. The van der Waals surface area contributed by atoms with Crippen molar-refractivity contribution in [3.8, 4) is 0 Å². The summed E-state index contributed by atoms with van der Waals surface area (Å²) in [7, 11) is 0. The minimum absolute atomic E-state index is 0.160. The van der Waals surface area contributed by atoms with Crippen LogP contribution in [0.1, 0.15) is 25.8 Å². The highest BCUT2D eigenvalue weighted by Gasteiger charge is 2.30. The van der Waals surface area contributed by atoms with E-state index in [0.29, 0.717) is 12.1 Å². The molecule has 0 bridgehead atoms. The summed E-state index contributed by atoms with van der Waals surface area (Å²) in [5, 5.41) is 12.4. The second-order valence-electron chi connectivity index (χ2n) is 3.97. The van der Waals surface area contributed by atoms with Crippen LogP contribution in [0.5, 0.6) is 0 Å². The van der Waals surface area contributed by atoms with Gasteiger partial charge in [-0.15, -0.1) is 0 Å². The van der Waals surface area contributed by atoms with Crippen LogP contribution in [0.4, 0.5) is 18.9 Å². The Morgan fingerprint density at radius 3 is 2.12 bits per heavy atom. The molecular weight excluding hydrogens is 231 g/mol. The van der Waals surface area contributed by atoms with Gasteiger partial charge in [-0.25, -0.2) is 0 Å². The molecule has 2 atom stereocenters. The van der Waals surface area contributed by atoms with Crippen molar-refractivity contribution in [1.82, 2.24) is 0 Å².